The molecule has 2 bridgehead atoms. The molecule has 17 nitrogen and oxygen atoms in total. The van der Waals surface area contributed by atoms with Gasteiger partial charge in [0.25, 0.3) is 0 Å². The molecule has 4 aliphatic rings. The summed E-state index contributed by atoms with van der Waals surface area (Å²) in [6, 6.07) is -1.84. The Morgan fingerprint density at radius 1 is 0.809 bits per heavy atom. The van der Waals surface area contributed by atoms with Crippen LogP contribution < -0.4 is 21.3 Å². The Hall–Kier alpha value is -4.44. The van der Waals surface area contributed by atoms with Crippen molar-refractivity contribution in [3.63, 3.8) is 0 Å². The molecular weight excluding hydrogens is 618 g/mol. The summed E-state index contributed by atoms with van der Waals surface area (Å²) in [6.45, 7) is 8.90. The van der Waals surface area contributed by atoms with Gasteiger partial charge in [-0.1, -0.05) is 0 Å². The summed E-state index contributed by atoms with van der Waals surface area (Å²) in [6.07, 6.45) is 1.08. The van der Waals surface area contributed by atoms with Crippen molar-refractivity contribution >= 4 is 47.7 Å². The molecule has 0 aromatic carbocycles. The third-order valence-electron chi connectivity index (χ3n) is 7.62. The number of methoxy groups -OCH3 is 1. The van der Waals surface area contributed by atoms with E-state index in [0.29, 0.717) is 0 Å². The lowest BCUT2D eigenvalue weighted by Gasteiger charge is -2.56. The summed E-state index contributed by atoms with van der Waals surface area (Å²) >= 11 is 0. The second-order valence-electron chi connectivity index (χ2n) is 13.6. The Bertz CT molecular complexity index is 1230. The molecule has 4 fully saturated rings. The fourth-order valence-corrected chi connectivity index (χ4v) is 5.78. The number of piperidine rings is 2. The van der Waals surface area contributed by atoms with E-state index in [1.54, 1.807) is 46.4 Å². The van der Waals surface area contributed by atoms with Crippen molar-refractivity contribution in [2.45, 2.75) is 103 Å². The molecule has 262 valence electrons. The van der Waals surface area contributed by atoms with Gasteiger partial charge in [-0.05, 0) is 73.1 Å². The van der Waals surface area contributed by atoms with Gasteiger partial charge in [0.15, 0.2) is 0 Å². The number of hydrogen-bond donors (Lipinski definition) is 4. The molecule has 6 amide bonds. The molecule has 0 aromatic heterocycles. The SMILES string of the molecule is COC(=O)C[C@H]1C(=O)N2C3CCC(CC3)[C@H]2C(=O)N1CC(=O)NCCNC(=O)CN=C(NC(=O)OC(C)(C)C)NC(=O)OC(C)(C)C. The number of carbonyl (C=O) groups is 7. The first-order valence-corrected chi connectivity index (χ1v) is 15.7. The molecule has 0 unspecified atom stereocenters. The van der Waals surface area contributed by atoms with Crippen LogP contribution in [0.3, 0.4) is 0 Å². The van der Waals surface area contributed by atoms with Crippen LogP contribution in [-0.4, -0.2) is 120 Å². The third-order valence-corrected chi connectivity index (χ3v) is 7.62. The quantitative estimate of drug-likeness (QED) is 0.0861. The Morgan fingerprint density at radius 2 is 1.34 bits per heavy atom. The van der Waals surface area contributed by atoms with Gasteiger partial charge in [-0.3, -0.25) is 34.6 Å². The minimum atomic E-state index is -1.15. The lowest BCUT2D eigenvalue weighted by Crippen LogP contribution is -2.72. The summed E-state index contributed by atoms with van der Waals surface area (Å²) in [5, 5.41) is 9.69. The number of rotatable bonds is 9. The highest BCUT2D eigenvalue weighted by molar-refractivity contribution is 6.02. The van der Waals surface area contributed by atoms with Crippen molar-refractivity contribution < 1.29 is 47.8 Å². The van der Waals surface area contributed by atoms with Crippen LogP contribution in [0.4, 0.5) is 9.59 Å². The molecule has 3 aliphatic heterocycles. The first-order chi connectivity index (χ1) is 21.9. The standard InChI is InChI=1S/C30H47N7O10/c1-29(2,3)46-27(43)34-26(35-28(44)47-30(4,5)6)33-15-20(38)31-12-13-32-21(39)16-36-19(14-22(40)45-7)24(41)37-18-10-8-17(9-11-18)23(37)25(36)42/h17-19,23H,8-16H2,1-7H3,(H,31,38)(H,32,39)(H2,33,34,35,43,44)/t17?,18?,19-,23-/m0/s1. The molecule has 3 saturated heterocycles. The maximum Gasteiger partial charge on any atom is 0.414 e. The van der Waals surface area contributed by atoms with E-state index < -0.39 is 66.3 Å². The Labute approximate surface area is 273 Å². The minimum absolute atomic E-state index is 0.0122. The van der Waals surface area contributed by atoms with E-state index in [2.05, 4.69) is 26.3 Å². The summed E-state index contributed by atoms with van der Waals surface area (Å²) in [5.74, 6) is -2.91. The molecule has 3 heterocycles. The Kier molecular flexibility index (Phi) is 12.2. The molecule has 4 N–H and O–H groups in total. The summed E-state index contributed by atoms with van der Waals surface area (Å²) in [4.78, 5) is 95.7. The number of alkyl carbamates (subject to hydrolysis) is 2. The largest absolute Gasteiger partial charge is 0.469 e. The number of carbonyl (C=O) groups excluding carboxylic acids is 7. The van der Waals surface area contributed by atoms with E-state index in [1.807, 2.05) is 0 Å². The van der Waals surface area contributed by atoms with E-state index in [9.17, 15) is 33.6 Å². The summed E-state index contributed by atoms with van der Waals surface area (Å²) < 4.78 is 15.1. The van der Waals surface area contributed by atoms with Gasteiger partial charge in [-0.25, -0.2) is 14.6 Å². The zero-order valence-corrected chi connectivity index (χ0v) is 28.1. The van der Waals surface area contributed by atoms with Crippen LogP contribution in [0.25, 0.3) is 0 Å². The molecule has 17 heteroatoms. The van der Waals surface area contributed by atoms with Crippen LogP contribution >= 0.6 is 0 Å². The fourth-order valence-electron chi connectivity index (χ4n) is 5.78. The van der Waals surface area contributed by atoms with Crippen LogP contribution in [0.15, 0.2) is 4.99 Å². The van der Waals surface area contributed by atoms with Crippen molar-refractivity contribution in [3.05, 3.63) is 0 Å². The van der Waals surface area contributed by atoms with E-state index in [4.69, 9.17) is 14.2 Å². The van der Waals surface area contributed by atoms with E-state index in [1.165, 1.54) is 12.0 Å². The number of ether oxygens (including phenoxy) is 3. The van der Waals surface area contributed by atoms with Gasteiger partial charge in [-0.15, -0.1) is 0 Å². The molecule has 1 saturated carbocycles. The number of amides is 6. The number of esters is 1. The number of fused-ring (bicyclic) bond motifs is 2. The van der Waals surface area contributed by atoms with Crippen molar-refractivity contribution in [2.24, 2.45) is 10.9 Å². The molecule has 2 atom stereocenters. The molecule has 47 heavy (non-hydrogen) atoms. The Morgan fingerprint density at radius 3 is 1.85 bits per heavy atom. The van der Waals surface area contributed by atoms with Gasteiger partial charge in [0.1, 0.15) is 36.4 Å². The van der Waals surface area contributed by atoms with Crippen molar-refractivity contribution in [1.82, 2.24) is 31.1 Å². The average molecular weight is 666 g/mol. The Balaban J connectivity index is 1.54. The maximum absolute atomic E-state index is 13.6. The van der Waals surface area contributed by atoms with Crippen LogP contribution in [0.1, 0.15) is 73.6 Å². The van der Waals surface area contributed by atoms with Gasteiger partial charge < -0.3 is 34.6 Å². The van der Waals surface area contributed by atoms with Crippen molar-refractivity contribution in [3.8, 4) is 0 Å². The lowest BCUT2D eigenvalue weighted by molar-refractivity contribution is -0.178. The average Bonchev–Trinajstić information content (AvgIpc) is 2.96. The summed E-state index contributed by atoms with van der Waals surface area (Å²) in [5.41, 5.74) is -1.67. The van der Waals surface area contributed by atoms with Crippen LogP contribution in [0.2, 0.25) is 0 Å². The molecular formula is C30H47N7O10. The van der Waals surface area contributed by atoms with Crippen molar-refractivity contribution in [2.75, 3.05) is 33.3 Å². The topological polar surface area (TPSA) is 214 Å². The van der Waals surface area contributed by atoms with E-state index in [0.717, 1.165) is 25.7 Å². The van der Waals surface area contributed by atoms with Gasteiger partial charge >= 0.3 is 18.2 Å². The number of aliphatic imine (C=N–C) groups is 1. The van der Waals surface area contributed by atoms with Crippen molar-refractivity contribution in [1.29, 1.82) is 0 Å². The molecule has 4 rings (SSSR count). The number of hydrogen-bond acceptors (Lipinski definition) is 11. The first-order valence-electron chi connectivity index (χ1n) is 15.7. The van der Waals surface area contributed by atoms with Gasteiger partial charge in [0, 0.05) is 19.1 Å². The molecule has 0 radical (unpaired) electrons. The molecule has 0 aromatic rings. The van der Waals surface area contributed by atoms with Crippen LogP contribution in [-0.2, 0) is 38.2 Å². The number of guanidine groups is 1. The van der Waals surface area contributed by atoms with E-state index >= 15 is 0 Å². The molecule has 0 spiro atoms. The highest BCUT2D eigenvalue weighted by Gasteiger charge is 2.55. The van der Waals surface area contributed by atoms with Gasteiger partial charge in [0.05, 0.1) is 13.5 Å². The number of nitrogens with zero attached hydrogens (tertiary/aromatic N) is 3. The zero-order valence-electron chi connectivity index (χ0n) is 28.1. The van der Waals surface area contributed by atoms with E-state index in [-0.39, 0.29) is 49.2 Å². The predicted octanol–water partition coefficient (Wildman–Crippen LogP) is 0.168. The monoisotopic (exact) mass is 665 g/mol. The minimum Gasteiger partial charge on any atom is -0.469 e. The first kappa shape index (κ1) is 37.0. The number of piperazine rings is 1. The number of nitrogens with one attached hydrogen (secondary N) is 4. The second-order valence-corrected chi connectivity index (χ2v) is 13.6. The lowest BCUT2D eigenvalue weighted by atomic mass is 9.72. The van der Waals surface area contributed by atoms with Crippen LogP contribution in [0, 0.1) is 5.92 Å². The zero-order chi connectivity index (χ0) is 35.1. The predicted molar refractivity (Wildman–Crippen MR) is 166 cm³/mol. The summed E-state index contributed by atoms with van der Waals surface area (Å²) in [7, 11) is 1.19. The fraction of sp³-hybridized carbons (Fsp3) is 0.733. The van der Waals surface area contributed by atoms with Gasteiger partial charge in [0.2, 0.25) is 29.6 Å². The highest BCUT2D eigenvalue weighted by Crippen LogP contribution is 2.43. The maximum atomic E-state index is 13.6. The normalized spacial score (nSPS) is 22.0. The smallest absolute Gasteiger partial charge is 0.414 e. The third kappa shape index (κ3) is 10.8. The van der Waals surface area contributed by atoms with Gasteiger partial charge in [-0.2, -0.15) is 0 Å². The highest BCUT2D eigenvalue weighted by atomic mass is 16.6. The molecule has 1 aliphatic carbocycles. The second kappa shape index (κ2) is 15.4. The van der Waals surface area contributed by atoms with Crippen LogP contribution in [0.5, 0.6) is 0 Å².